The smallest absolute Gasteiger partial charge is 0.352 e. The molecule has 3 N–H and O–H groups in total. The predicted octanol–water partition coefficient (Wildman–Crippen LogP) is 0.515. The van der Waals surface area contributed by atoms with Crippen molar-refractivity contribution in [3.05, 3.63) is 0 Å². The lowest BCUT2D eigenvalue weighted by Crippen LogP contribution is -2.50. The maximum Gasteiger partial charge on any atom is 0.405 e. The van der Waals surface area contributed by atoms with Gasteiger partial charge in [0.25, 0.3) is 0 Å². The fourth-order valence-corrected chi connectivity index (χ4v) is 1.05. The number of carbonyl (C=O) groups is 2. The molecular weight excluding hydrogens is 239 g/mol. The molecule has 1 unspecified atom stereocenters. The van der Waals surface area contributed by atoms with Crippen LogP contribution >= 0.6 is 0 Å². The normalized spacial score (nSPS) is 17.2. The number of hydrogen-bond donors (Lipinski definition) is 3. The summed E-state index contributed by atoms with van der Waals surface area (Å²) in [4.78, 5) is 22.4. The van der Waals surface area contributed by atoms with E-state index in [0.717, 1.165) is 12.8 Å². The van der Waals surface area contributed by atoms with Crippen LogP contribution in [-0.2, 0) is 4.79 Å². The second-order valence-corrected chi connectivity index (χ2v) is 3.95. The number of nitrogens with one attached hydrogen (secondary N) is 3. The lowest BCUT2D eigenvalue weighted by molar-refractivity contribution is -0.123. The Morgan fingerprint density at radius 2 is 1.94 bits per heavy atom. The van der Waals surface area contributed by atoms with Gasteiger partial charge in [0.1, 0.15) is 12.6 Å². The van der Waals surface area contributed by atoms with Crippen LogP contribution in [0.15, 0.2) is 0 Å². The van der Waals surface area contributed by atoms with Gasteiger partial charge in [0.05, 0.1) is 0 Å². The topological polar surface area (TPSA) is 70.2 Å². The SMILES string of the molecule is CC(NC(=O)NCC(F)(F)F)C(=O)NC1CC1. The van der Waals surface area contributed by atoms with Gasteiger partial charge in [-0.2, -0.15) is 13.2 Å². The third kappa shape index (κ3) is 5.98. The molecule has 5 nitrogen and oxygen atoms in total. The first-order valence-corrected chi connectivity index (χ1v) is 5.19. The van der Waals surface area contributed by atoms with Gasteiger partial charge in [-0.3, -0.25) is 4.79 Å². The third-order valence-electron chi connectivity index (χ3n) is 2.11. The van der Waals surface area contributed by atoms with Gasteiger partial charge in [0.15, 0.2) is 0 Å². The third-order valence-corrected chi connectivity index (χ3v) is 2.11. The summed E-state index contributed by atoms with van der Waals surface area (Å²) in [5.41, 5.74) is 0. The van der Waals surface area contributed by atoms with E-state index in [1.807, 2.05) is 0 Å². The molecule has 0 spiro atoms. The molecule has 0 aromatic rings. The van der Waals surface area contributed by atoms with Crippen molar-refractivity contribution >= 4 is 11.9 Å². The summed E-state index contributed by atoms with van der Waals surface area (Å²) in [6, 6.07) is -1.73. The van der Waals surface area contributed by atoms with Crippen molar-refractivity contribution < 1.29 is 22.8 Å². The largest absolute Gasteiger partial charge is 0.405 e. The molecule has 1 fully saturated rings. The first kappa shape index (κ1) is 13.6. The van der Waals surface area contributed by atoms with Gasteiger partial charge in [0.2, 0.25) is 5.91 Å². The zero-order valence-corrected chi connectivity index (χ0v) is 9.23. The molecule has 3 amide bonds. The van der Waals surface area contributed by atoms with Crippen molar-refractivity contribution in [1.82, 2.24) is 16.0 Å². The van der Waals surface area contributed by atoms with Crippen molar-refractivity contribution in [3.8, 4) is 0 Å². The predicted molar refractivity (Wildman–Crippen MR) is 53.2 cm³/mol. The maximum absolute atomic E-state index is 11.8. The summed E-state index contributed by atoms with van der Waals surface area (Å²) in [6.07, 6.45) is -2.66. The van der Waals surface area contributed by atoms with Crippen LogP contribution in [0.5, 0.6) is 0 Å². The number of urea groups is 1. The van der Waals surface area contributed by atoms with Crippen LogP contribution in [0.25, 0.3) is 0 Å². The molecule has 1 atom stereocenters. The molecule has 0 heterocycles. The Bertz CT molecular complexity index is 302. The molecule has 0 bridgehead atoms. The van der Waals surface area contributed by atoms with Crippen molar-refractivity contribution in [2.45, 2.75) is 38.0 Å². The van der Waals surface area contributed by atoms with E-state index in [1.54, 1.807) is 5.32 Å². The monoisotopic (exact) mass is 253 g/mol. The Morgan fingerprint density at radius 1 is 1.35 bits per heavy atom. The van der Waals surface area contributed by atoms with Gasteiger partial charge in [-0.1, -0.05) is 0 Å². The highest BCUT2D eigenvalue weighted by Gasteiger charge is 2.29. The van der Waals surface area contributed by atoms with Crippen molar-refractivity contribution in [2.75, 3.05) is 6.54 Å². The van der Waals surface area contributed by atoms with E-state index < -0.39 is 30.7 Å². The van der Waals surface area contributed by atoms with Crippen LogP contribution in [0.1, 0.15) is 19.8 Å². The lowest BCUT2D eigenvalue weighted by atomic mass is 10.3. The van der Waals surface area contributed by atoms with E-state index >= 15 is 0 Å². The van der Waals surface area contributed by atoms with Crippen molar-refractivity contribution in [3.63, 3.8) is 0 Å². The van der Waals surface area contributed by atoms with E-state index in [0.29, 0.717) is 0 Å². The molecule has 17 heavy (non-hydrogen) atoms. The molecular formula is C9H14F3N3O2. The van der Waals surface area contributed by atoms with E-state index in [1.165, 1.54) is 6.92 Å². The zero-order valence-electron chi connectivity index (χ0n) is 9.23. The number of amides is 3. The number of hydrogen-bond acceptors (Lipinski definition) is 2. The highest BCUT2D eigenvalue weighted by atomic mass is 19.4. The van der Waals surface area contributed by atoms with Crippen LogP contribution in [0.2, 0.25) is 0 Å². The minimum Gasteiger partial charge on any atom is -0.352 e. The minimum absolute atomic E-state index is 0.144. The summed E-state index contributed by atoms with van der Waals surface area (Å²) in [5.74, 6) is -0.394. The van der Waals surface area contributed by atoms with Crippen molar-refractivity contribution in [2.24, 2.45) is 0 Å². The molecule has 98 valence electrons. The van der Waals surface area contributed by atoms with Crippen LogP contribution < -0.4 is 16.0 Å². The summed E-state index contributed by atoms with van der Waals surface area (Å²) >= 11 is 0. The first-order chi connectivity index (χ1) is 7.78. The van der Waals surface area contributed by atoms with E-state index in [2.05, 4.69) is 10.6 Å². The molecule has 0 aromatic carbocycles. The standard InChI is InChI=1S/C9H14F3N3O2/c1-5(7(16)15-6-2-3-6)14-8(17)13-4-9(10,11)12/h5-6H,2-4H2,1H3,(H,15,16)(H2,13,14,17). The molecule has 1 aliphatic rings. The lowest BCUT2D eigenvalue weighted by Gasteiger charge is -2.15. The Balaban J connectivity index is 2.22. The number of rotatable bonds is 4. The molecule has 0 aromatic heterocycles. The average Bonchev–Trinajstić information content (AvgIpc) is 2.97. The fraction of sp³-hybridized carbons (Fsp3) is 0.778. The maximum atomic E-state index is 11.8. The first-order valence-electron chi connectivity index (χ1n) is 5.19. The molecule has 0 radical (unpaired) electrons. The minimum atomic E-state index is -4.46. The van der Waals surface area contributed by atoms with Crippen LogP contribution in [0, 0.1) is 0 Å². The molecule has 1 saturated carbocycles. The van der Waals surface area contributed by atoms with Crippen LogP contribution in [0.4, 0.5) is 18.0 Å². The van der Waals surface area contributed by atoms with Gasteiger partial charge in [0, 0.05) is 6.04 Å². The number of halogens is 3. The Kier molecular flexibility index (Phi) is 4.19. The Morgan fingerprint density at radius 3 is 2.41 bits per heavy atom. The van der Waals surface area contributed by atoms with Gasteiger partial charge in [-0.25, -0.2) is 4.79 Å². The van der Waals surface area contributed by atoms with E-state index in [4.69, 9.17) is 0 Å². The number of alkyl halides is 3. The Hall–Kier alpha value is -1.47. The summed E-state index contributed by atoms with van der Waals surface area (Å²) in [6.45, 7) is -0.0132. The van der Waals surface area contributed by atoms with E-state index in [-0.39, 0.29) is 6.04 Å². The van der Waals surface area contributed by atoms with Crippen LogP contribution in [-0.4, -0.2) is 36.7 Å². The highest BCUT2D eigenvalue weighted by Crippen LogP contribution is 2.18. The van der Waals surface area contributed by atoms with Gasteiger partial charge >= 0.3 is 12.2 Å². The second-order valence-electron chi connectivity index (χ2n) is 3.95. The molecule has 8 heteroatoms. The summed E-state index contributed by atoms with van der Waals surface area (Å²) in [7, 11) is 0. The zero-order chi connectivity index (χ0) is 13.1. The summed E-state index contributed by atoms with van der Waals surface area (Å²) in [5, 5.41) is 6.37. The van der Waals surface area contributed by atoms with Gasteiger partial charge in [-0.15, -0.1) is 0 Å². The van der Waals surface area contributed by atoms with E-state index in [9.17, 15) is 22.8 Å². The summed E-state index contributed by atoms with van der Waals surface area (Å²) < 4.78 is 35.3. The second kappa shape index (κ2) is 5.24. The van der Waals surface area contributed by atoms with Crippen LogP contribution in [0.3, 0.4) is 0 Å². The molecule has 1 rings (SSSR count). The Labute approximate surface area is 96.1 Å². The van der Waals surface area contributed by atoms with Gasteiger partial charge < -0.3 is 16.0 Å². The molecule has 0 aliphatic heterocycles. The fourth-order valence-electron chi connectivity index (χ4n) is 1.05. The highest BCUT2D eigenvalue weighted by molar-refractivity contribution is 5.86. The molecule has 1 aliphatic carbocycles. The average molecular weight is 253 g/mol. The number of carbonyl (C=O) groups excluding carboxylic acids is 2. The molecule has 0 saturated heterocycles. The van der Waals surface area contributed by atoms with Crippen molar-refractivity contribution in [1.29, 1.82) is 0 Å². The van der Waals surface area contributed by atoms with Gasteiger partial charge in [-0.05, 0) is 19.8 Å². The quantitative estimate of drug-likeness (QED) is 0.683.